The van der Waals surface area contributed by atoms with E-state index in [9.17, 15) is 1.37 Å². The van der Waals surface area contributed by atoms with Gasteiger partial charge in [0.15, 0.2) is 17.5 Å². The summed E-state index contributed by atoms with van der Waals surface area (Å²) < 4.78 is 62.3. The first-order chi connectivity index (χ1) is 30.1. The monoisotopic (exact) mass is 726 g/mol. The van der Waals surface area contributed by atoms with E-state index in [1.165, 1.54) is 0 Å². The highest BCUT2D eigenvalue weighted by Gasteiger charge is 2.17. The maximum absolute atomic E-state index is 9.31. The van der Waals surface area contributed by atoms with Crippen LogP contribution < -0.4 is 0 Å². The number of hydrogen-bond donors (Lipinski definition) is 0. The van der Waals surface area contributed by atoms with Crippen molar-refractivity contribution >= 4 is 31.5 Å². The molecule has 2 aromatic heterocycles. The fraction of sp³-hybridized carbons (Fsp3) is 0. The van der Waals surface area contributed by atoms with Gasteiger partial charge in [-0.1, -0.05) is 176 Å². The van der Waals surface area contributed by atoms with Crippen molar-refractivity contribution in [2.75, 3.05) is 0 Å². The first kappa shape index (κ1) is 25.9. The van der Waals surface area contributed by atoms with Gasteiger partial charge in [0.1, 0.15) is 0 Å². The highest BCUT2D eigenvalue weighted by Crippen LogP contribution is 2.42. The number of hydrogen-bond acceptors (Lipinski definition) is 4. The molecule has 0 N–H and O–H groups in total. The first-order valence-electron chi connectivity index (χ1n) is 21.4. The molecule has 0 fully saturated rings. The van der Waals surface area contributed by atoms with Crippen molar-refractivity contribution in [1.29, 1.82) is 0 Å². The third-order valence-corrected chi connectivity index (χ3v) is 10.8. The Balaban J connectivity index is 1.21. The number of aromatic nitrogens is 3. The molecule has 55 heavy (non-hydrogen) atoms. The Morgan fingerprint density at radius 1 is 0.345 bits per heavy atom. The molecule has 0 atom stereocenters. The molecule has 8 aromatic carbocycles. The number of thiophene rings is 1. The first-order valence-corrected chi connectivity index (χ1v) is 18.7. The minimum Gasteiger partial charge on any atom is -0.208 e. The second-order valence-corrected chi connectivity index (χ2v) is 14.1. The Morgan fingerprint density at radius 3 is 1.33 bits per heavy atom. The predicted octanol–water partition coefficient (Wildman–Crippen LogP) is 13.9. The number of fused-ring (bicyclic) bond motifs is 3. The lowest BCUT2D eigenvalue weighted by Gasteiger charge is -2.13. The Bertz CT molecular complexity index is 3240. The highest BCUT2D eigenvalue weighted by molar-refractivity contribution is 7.26. The van der Waals surface area contributed by atoms with E-state index in [1.54, 1.807) is 0 Å². The van der Waals surface area contributed by atoms with E-state index >= 15 is 0 Å². The van der Waals surface area contributed by atoms with Crippen LogP contribution in [0.3, 0.4) is 0 Å². The second kappa shape index (κ2) is 14.1. The van der Waals surface area contributed by atoms with Crippen molar-refractivity contribution < 1.29 is 9.60 Å². The van der Waals surface area contributed by atoms with Crippen molar-refractivity contribution in [3.8, 4) is 78.7 Å². The summed E-state index contributed by atoms with van der Waals surface area (Å²) in [6.45, 7) is 0. The van der Waals surface area contributed by atoms with E-state index in [0.29, 0.717) is 38.9 Å². The van der Waals surface area contributed by atoms with Gasteiger partial charge in [0.05, 0.1) is 9.60 Å². The predicted molar refractivity (Wildman–Crippen MR) is 231 cm³/mol. The lowest BCUT2D eigenvalue weighted by Crippen LogP contribution is -2.00. The zero-order valence-corrected chi connectivity index (χ0v) is 30.1. The lowest BCUT2D eigenvalue weighted by atomic mass is 9.95. The Labute approximate surface area is 333 Å². The average Bonchev–Trinajstić information content (AvgIpc) is 3.73. The van der Waals surface area contributed by atoms with Crippen LogP contribution in [0.15, 0.2) is 200 Å². The number of benzene rings is 8. The second-order valence-electron chi connectivity index (χ2n) is 13.1. The summed E-state index contributed by atoms with van der Waals surface area (Å²) in [5.41, 5.74) is 9.07. The van der Waals surface area contributed by atoms with Gasteiger partial charge in [-0.2, -0.15) is 0 Å². The summed E-state index contributed by atoms with van der Waals surface area (Å²) >= 11 is 1.11. The standard InChI is InChI=1S/C51H33N3S/c1-4-13-34(14-5-1)37-23-27-39(28-24-37)49-52-50(40-29-25-38(26-30-40)35-15-6-2-7-16-35)54-51(53-49)43-32-41(36-17-8-3-9-18-36)31-42(33-43)44-20-12-21-46-45-19-10-11-22-47(45)55-48(44)46/h1-33H/i10D,11D,12D,19D,20D,21D,22D. The summed E-state index contributed by atoms with van der Waals surface area (Å²) in [5.74, 6) is 1.31. The van der Waals surface area contributed by atoms with Crippen molar-refractivity contribution in [2.45, 2.75) is 0 Å². The van der Waals surface area contributed by atoms with Gasteiger partial charge in [-0.15, -0.1) is 11.3 Å². The van der Waals surface area contributed by atoms with Crippen molar-refractivity contribution in [1.82, 2.24) is 15.0 Å². The van der Waals surface area contributed by atoms with Gasteiger partial charge in [-0.05, 0) is 68.7 Å². The van der Waals surface area contributed by atoms with Crippen molar-refractivity contribution in [3.05, 3.63) is 200 Å². The highest BCUT2D eigenvalue weighted by atomic mass is 32.1. The third-order valence-electron chi connectivity index (χ3n) is 9.66. The summed E-state index contributed by atoms with van der Waals surface area (Å²) in [6.07, 6.45) is 0. The lowest BCUT2D eigenvalue weighted by molar-refractivity contribution is 1.07. The maximum Gasteiger partial charge on any atom is 0.164 e. The van der Waals surface area contributed by atoms with Gasteiger partial charge in [0.25, 0.3) is 0 Å². The van der Waals surface area contributed by atoms with E-state index in [4.69, 9.17) is 23.2 Å². The SMILES string of the molecule is [2H]c1c([2H])c([2H])c2c(sc3c(-c4cc(-c5ccccc5)cc(-c5nc(-c6ccc(-c7ccccc7)cc6)nc(-c6ccc(-c7ccccc7)cc6)n5)c4)c([2H])c([2H])c([2H])c32)c1[2H]. The molecule has 4 heteroatoms. The van der Waals surface area contributed by atoms with Crippen LogP contribution in [0, 0.1) is 0 Å². The fourth-order valence-corrected chi connectivity index (χ4v) is 7.97. The minimum atomic E-state index is -0.413. The van der Waals surface area contributed by atoms with Crippen molar-refractivity contribution in [3.63, 3.8) is 0 Å². The van der Waals surface area contributed by atoms with E-state index in [-0.39, 0.29) is 51.7 Å². The Hall–Kier alpha value is -7.01. The summed E-state index contributed by atoms with van der Waals surface area (Å²) in [5, 5.41) is 0.404. The van der Waals surface area contributed by atoms with Gasteiger partial charge in [0.2, 0.25) is 0 Å². The van der Waals surface area contributed by atoms with Crippen LogP contribution in [0.4, 0.5) is 0 Å². The zero-order valence-electron chi connectivity index (χ0n) is 36.3. The molecule has 2 heterocycles. The van der Waals surface area contributed by atoms with E-state index in [1.807, 2.05) is 109 Å². The quantitative estimate of drug-likeness (QED) is 0.164. The molecule has 3 nitrogen and oxygen atoms in total. The molecule has 0 aliphatic heterocycles. The van der Waals surface area contributed by atoms with E-state index in [0.717, 1.165) is 55.8 Å². The topological polar surface area (TPSA) is 38.7 Å². The van der Waals surface area contributed by atoms with Gasteiger partial charge >= 0.3 is 0 Å². The summed E-state index contributed by atoms with van der Waals surface area (Å²) in [4.78, 5) is 15.2. The Morgan fingerprint density at radius 2 is 0.764 bits per heavy atom. The van der Waals surface area contributed by atoms with Crippen molar-refractivity contribution in [2.24, 2.45) is 0 Å². The van der Waals surface area contributed by atoms with Gasteiger partial charge in [-0.3, -0.25) is 0 Å². The molecular weight excluding hydrogens is 687 g/mol. The molecule has 0 aliphatic rings. The molecule has 0 aliphatic carbocycles. The summed E-state index contributed by atoms with van der Waals surface area (Å²) in [6, 6.07) is 50.0. The molecule has 0 saturated heterocycles. The molecule has 0 unspecified atom stereocenters. The van der Waals surface area contributed by atoms with Gasteiger partial charge in [-0.25, -0.2) is 15.0 Å². The van der Waals surface area contributed by atoms with Crippen LogP contribution in [0.25, 0.3) is 98.8 Å². The molecule has 0 saturated carbocycles. The largest absolute Gasteiger partial charge is 0.208 e. The molecule has 10 rings (SSSR count). The van der Waals surface area contributed by atoms with Gasteiger partial charge < -0.3 is 0 Å². The number of rotatable bonds is 7. The molecule has 258 valence electrons. The normalized spacial score (nSPS) is 13.1. The van der Waals surface area contributed by atoms with E-state index < -0.39 is 6.04 Å². The van der Waals surface area contributed by atoms with Gasteiger partial charge in [0, 0.05) is 36.9 Å². The average molecular weight is 727 g/mol. The zero-order chi connectivity index (χ0) is 42.6. The van der Waals surface area contributed by atoms with Crippen LogP contribution in [-0.2, 0) is 0 Å². The molecule has 10 aromatic rings. The molecular formula is C51H33N3S. The maximum atomic E-state index is 9.31. The molecule has 0 radical (unpaired) electrons. The van der Waals surface area contributed by atoms with Crippen LogP contribution in [0.2, 0.25) is 0 Å². The summed E-state index contributed by atoms with van der Waals surface area (Å²) in [7, 11) is 0. The molecule has 0 bridgehead atoms. The smallest absolute Gasteiger partial charge is 0.164 e. The van der Waals surface area contributed by atoms with Crippen LogP contribution in [-0.4, -0.2) is 15.0 Å². The molecule has 0 spiro atoms. The van der Waals surface area contributed by atoms with Crippen LogP contribution in [0.5, 0.6) is 0 Å². The van der Waals surface area contributed by atoms with Crippen LogP contribution in [0.1, 0.15) is 9.60 Å². The Kier molecular flexibility index (Phi) is 6.63. The van der Waals surface area contributed by atoms with E-state index in [2.05, 4.69) is 48.5 Å². The molecule has 0 amide bonds. The fourth-order valence-electron chi connectivity index (χ4n) is 6.88. The minimum absolute atomic E-state index is 0.179. The third kappa shape index (κ3) is 6.39. The number of nitrogens with zero attached hydrogens (tertiary/aromatic N) is 3. The van der Waals surface area contributed by atoms with Crippen LogP contribution >= 0.6 is 11.3 Å².